The van der Waals surface area contributed by atoms with Gasteiger partial charge in [0, 0.05) is 5.33 Å². The third-order valence-corrected chi connectivity index (χ3v) is 4.10. The summed E-state index contributed by atoms with van der Waals surface area (Å²) in [6.45, 7) is 2.24. The molecular weight excluding hydrogens is 228 g/mol. The fourth-order valence-corrected chi connectivity index (χ4v) is 2.65. The number of alkyl halides is 1. The van der Waals surface area contributed by atoms with Crippen LogP contribution in [0.5, 0.6) is 0 Å². The van der Waals surface area contributed by atoms with Crippen LogP contribution in [0.15, 0.2) is 0 Å². The molecule has 13 heavy (non-hydrogen) atoms. The van der Waals surface area contributed by atoms with E-state index in [2.05, 4.69) is 22.9 Å². The molecule has 0 aromatic heterocycles. The van der Waals surface area contributed by atoms with E-state index in [0.717, 1.165) is 24.1 Å². The summed E-state index contributed by atoms with van der Waals surface area (Å²) in [5.41, 5.74) is -0.352. The van der Waals surface area contributed by atoms with Gasteiger partial charge in [0.15, 0.2) is 0 Å². The van der Waals surface area contributed by atoms with Crippen LogP contribution in [0.4, 0.5) is 0 Å². The number of aliphatic hydroxyl groups is 1. The Hall–Kier alpha value is 0.440. The van der Waals surface area contributed by atoms with E-state index in [0.29, 0.717) is 0 Å². The zero-order valence-corrected chi connectivity index (χ0v) is 10.1. The summed E-state index contributed by atoms with van der Waals surface area (Å²) in [4.78, 5) is 0. The first-order valence-corrected chi connectivity index (χ1v) is 6.60. The largest absolute Gasteiger partial charge is 0.389 e. The highest BCUT2D eigenvalue weighted by molar-refractivity contribution is 9.09. The lowest BCUT2D eigenvalue weighted by atomic mass is 9.70. The van der Waals surface area contributed by atoms with Crippen LogP contribution in [-0.4, -0.2) is 16.0 Å². The monoisotopic (exact) mass is 248 g/mol. The molecule has 0 unspecified atom stereocenters. The van der Waals surface area contributed by atoms with Gasteiger partial charge in [0.2, 0.25) is 0 Å². The molecule has 1 saturated carbocycles. The summed E-state index contributed by atoms with van der Waals surface area (Å²) >= 11 is 3.35. The van der Waals surface area contributed by atoms with Gasteiger partial charge in [0.1, 0.15) is 0 Å². The fourth-order valence-electron chi connectivity index (χ4n) is 2.19. The number of hydrogen-bond acceptors (Lipinski definition) is 1. The summed E-state index contributed by atoms with van der Waals surface area (Å²) in [6, 6.07) is 0. The van der Waals surface area contributed by atoms with Crippen molar-refractivity contribution in [2.24, 2.45) is 5.92 Å². The van der Waals surface area contributed by atoms with E-state index >= 15 is 0 Å². The molecule has 1 nitrogen and oxygen atoms in total. The minimum Gasteiger partial charge on any atom is -0.389 e. The molecule has 0 bridgehead atoms. The molecule has 1 aliphatic rings. The average Bonchev–Trinajstić information content (AvgIpc) is 2.08. The molecule has 2 heteroatoms. The van der Waals surface area contributed by atoms with Crippen molar-refractivity contribution in [2.75, 3.05) is 5.33 Å². The van der Waals surface area contributed by atoms with Gasteiger partial charge in [-0.3, -0.25) is 0 Å². The molecule has 1 fully saturated rings. The van der Waals surface area contributed by atoms with Crippen molar-refractivity contribution >= 4 is 15.9 Å². The minimum atomic E-state index is -0.352. The van der Waals surface area contributed by atoms with Gasteiger partial charge in [-0.05, 0) is 18.8 Å². The van der Waals surface area contributed by atoms with Gasteiger partial charge in [-0.2, -0.15) is 0 Å². The van der Waals surface area contributed by atoms with E-state index in [1.165, 1.54) is 32.1 Å². The fraction of sp³-hybridized carbons (Fsp3) is 1.00. The van der Waals surface area contributed by atoms with Crippen LogP contribution in [0.2, 0.25) is 0 Å². The van der Waals surface area contributed by atoms with E-state index in [-0.39, 0.29) is 5.60 Å². The first kappa shape index (κ1) is 11.5. The number of rotatable bonds is 6. The highest BCUT2D eigenvalue weighted by Crippen LogP contribution is 2.41. The van der Waals surface area contributed by atoms with Gasteiger partial charge in [-0.25, -0.2) is 0 Å². The highest BCUT2D eigenvalue weighted by atomic mass is 79.9. The molecule has 1 N–H and O–H groups in total. The number of unbranched alkanes of at least 4 members (excludes halogenated alkanes) is 3. The standard InChI is InChI=1S/C11H21BrO/c1-2-3-4-5-6-10-7-11(13,8-10)9-12/h10,13H,2-9H2,1H3. The Morgan fingerprint density at radius 3 is 2.54 bits per heavy atom. The van der Waals surface area contributed by atoms with Gasteiger partial charge in [-0.15, -0.1) is 0 Å². The first-order chi connectivity index (χ1) is 6.20. The lowest BCUT2D eigenvalue weighted by molar-refractivity contribution is -0.0545. The summed E-state index contributed by atoms with van der Waals surface area (Å²) < 4.78 is 0. The summed E-state index contributed by atoms with van der Waals surface area (Å²) in [5.74, 6) is 0.805. The van der Waals surface area contributed by atoms with Crippen LogP contribution in [0.1, 0.15) is 51.9 Å². The second-order valence-electron chi connectivity index (χ2n) is 4.48. The van der Waals surface area contributed by atoms with Crippen molar-refractivity contribution in [3.05, 3.63) is 0 Å². The Kier molecular flexibility index (Phi) is 4.74. The van der Waals surface area contributed by atoms with Crippen LogP contribution in [0.3, 0.4) is 0 Å². The van der Waals surface area contributed by atoms with Gasteiger partial charge >= 0.3 is 0 Å². The van der Waals surface area contributed by atoms with Gasteiger partial charge < -0.3 is 5.11 Å². The Morgan fingerprint density at radius 2 is 2.00 bits per heavy atom. The normalized spacial score (nSPS) is 33.0. The van der Waals surface area contributed by atoms with Crippen LogP contribution < -0.4 is 0 Å². The Bertz CT molecular complexity index is 141. The Morgan fingerprint density at radius 1 is 1.31 bits per heavy atom. The van der Waals surface area contributed by atoms with Crippen LogP contribution >= 0.6 is 15.9 Å². The van der Waals surface area contributed by atoms with Gasteiger partial charge in [0.05, 0.1) is 5.60 Å². The zero-order valence-electron chi connectivity index (χ0n) is 8.56. The molecule has 1 rings (SSSR count). The summed E-state index contributed by atoms with van der Waals surface area (Å²) in [7, 11) is 0. The molecule has 0 amide bonds. The van der Waals surface area contributed by atoms with Crippen molar-refractivity contribution < 1.29 is 5.11 Å². The lowest BCUT2D eigenvalue weighted by Gasteiger charge is -2.42. The SMILES string of the molecule is CCCCCCC1CC(O)(CBr)C1. The second kappa shape index (κ2) is 5.35. The molecule has 0 spiro atoms. The van der Waals surface area contributed by atoms with E-state index in [9.17, 15) is 5.11 Å². The van der Waals surface area contributed by atoms with E-state index in [4.69, 9.17) is 0 Å². The van der Waals surface area contributed by atoms with Crippen LogP contribution in [0, 0.1) is 5.92 Å². The topological polar surface area (TPSA) is 20.2 Å². The van der Waals surface area contributed by atoms with Crippen LogP contribution in [-0.2, 0) is 0 Å². The summed E-state index contributed by atoms with van der Waals surface area (Å²) in [6.07, 6.45) is 8.78. The quantitative estimate of drug-likeness (QED) is 0.564. The highest BCUT2D eigenvalue weighted by Gasteiger charge is 2.40. The van der Waals surface area contributed by atoms with Crippen molar-refractivity contribution in [1.82, 2.24) is 0 Å². The molecule has 0 radical (unpaired) electrons. The zero-order chi connectivity index (χ0) is 9.73. The van der Waals surface area contributed by atoms with E-state index in [1.54, 1.807) is 0 Å². The third-order valence-electron chi connectivity index (χ3n) is 3.05. The van der Waals surface area contributed by atoms with Crippen molar-refractivity contribution in [2.45, 2.75) is 57.5 Å². The maximum absolute atomic E-state index is 9.74. The second-order valence-corrected chi connectivity index (χ2v) is 5.04. The smallest absolute Gasteiger partial charge is 0.0749 e. The Balaban J connectivity index is 1.96. The van der Waals surface area contributed by atoms with Crippen LogP contribution in [0.25, 0.3) is 0 Å². The molecular formula is C11H21BrO. The van der Waals surface area contributed by atoms with E-state index < -0.39 is 0 Å². The number of hydrogen-bond donors (Lipinski definition) is 1. The average molecular weight is 249 g/mol. The summed E-state index contributed by atoms with van der Waals surface area (Å²) in [5, 5.41) is 10.5. The molecule has 0 atom stereocenters. The molecule has 0 aromatic rings. The molecule has 1 aliphatic carbocycles. The predicted molar refractivity (Wildman–Crippen MR) is 60.2 cm³/mol. The minimum absolute atomic E-state index is 0.352. The molecule has 0 saturated heterocycles. The van der Waals surface area contributed by atoms with Gasteiger partial charge in [0.25, 0.3) is 0 Å². The maximum atomic E-state index is 9.74. The lowest BCUT2D eigenvalue weighted by Crippen LogP contribution is -2.45. The molecule has 0 aromatic carbocycles. The maximum Gasteiger partial charge on any atom is 0.0749 e. The van der Waals surface area contributed by atoms with Crippen molar-refractivity contribution in [3.63, 3.8) is 0 Å². The third kappa shape index (κ3) is 3.59. The molecule has 0 heterocycles. The van der Waals surface area contributed by atoms with Crippen molar-refractivity contribution in [1.29, 1.82) is 0 Å². The van der Waals surface area contributed by atoms with Gasteiger partial charge in [-0.1, -0.05) is 55.0 Å². The first-order valence-electron chi connectivity index (χ1n) is 5.48. The van der Waals surface area contributed by atoms with Crippen molar-refractivity contribution in [3.8, 4) is 0 Å². The van der Waals surface area contributed by atoms with E-state index in [1.807, 2.05) is 0 Å². The molecule has 0 aliphatic heterocycles. The predicted octanol–water partition coefficient (Wildman–Crippen LogP) is 3.49. The number of halogens is 1. The Labute approximate surface area is 90.0 Å². The molecule has 78 valence electrons.